The Morgan fingerprint density at radius 3 is 2.58 bits per heavy atom. The second kappa shape index (κ2) is 7.14. The zero-order valence-corrected chi connectivity index (χ0v) is 12.3. The second-order valence-electron chi connectivity index (χ2n) is 4.91. The summed E-state index contributed by atoms with van der Waals surface area (Å²) >= 11 is 0. The van der Waals surface area contributed by atoms with Gasteiger partial charge in [0.1, 0.15) is 18.4 Å². The van der Waals surface area contributed by atoms with Crippen LogP contribution in [-0.2, 0) is 9.53 Å². The molecule has 1 unspecified atom stereocenters. The smallest absolute Gasteiger partial charge is 0.326 e. The molecule has 1 N–H and O–H groups in total. The number of methoxy groups -OCH3 is 1. The van der Waals surface area contributed by atoms with Crippen molar-refractivity contribution in [3.8, 4) is 5.75 Å². The molecule has 1 aromatic carbocycles. The topological polar surface area (TPSA) is 47.6 Å². The normalized spacial score (nSPS) is 12.3. The van der Waals surface area contributed by atoms with E-state index in [1.165, 1.54) is 12.7 Å². The maximum atomic E-state index is 11.7. The molecule has 0 aliphatic carbocycles. The van der Waals surface area contributed by atoms with Crippen molar-refractivity contribution >= 4 is 5.97 Å². The Bertz CT molecular complexity index is 429. The maximum Gasteiger partial charge on any atom is 0.326 e. The van der Waals surface area contributed by atoms with Crippen molar-refractivity contribution in [1.29, 1.82) is 0 Å². The molecule has 0 aliphatic heterocycles. The van der Waals surface area contributed by atoms with Crippen molar-refractivity contribution in [2.24, 2.45) is 0 Å². The van der Waals surface area contributed by atoms with Crippen LogP contribution in [0.1, 0.15) is 25.0 Å². The molecule has 0 saturated carbocycles. The number of rotatable bonds is 6. The van der Waals surface area contributed by atoms with Gasteiger partial charge in [0.25, 0.3) is 0 Å². The number of hydrogen-bond acceptors (Lipinski definition) is 4. The third kappa shape index (κ3) is 4.56. The van der Waals surface area contributed by atoms with Crippen molar-refractivity contribution in [3.63, 3.8) is 0 Å². The van der Waals surface area contributed by atoms with Crippen molar-refractivity contribution in [2.75, 3.05) is 13.7 Å². The van der Waals surface area contributed by atoms with Gasteiger partial charge in [-0.3, -0.25) is 10.1 Å². The number of esters is 1. The van der Waals surface area contributed by atoms with Gasteiger partial charge in [-0.25, -0.2) is 0 Å². The molecule has 0 amide bonds. The van der Waals surface area contributed by atoms with Gasteiger partial charge in [-0.15, -0.1) is 0 Å². The minimum absolute atomic E-state index is 0.186. The molecule has 106 valence electrons. The van der Waals surface area contributed by atoms with Gasteiger partial charge in [-0.2, -0.15) is 0 Å². The quantitative estimate of drug-likeness (QED) is 0.801. The van der Waals surface area contributed by atoms with Crippen LogP contribution in [0.2, 0.25) is 0 Å². The minimum Gasteiger partial charge on any atom is -0.491 e. The summed E-state index contributed by atoms with van der Waals surface area (Å²) in [5.41, 5.74) is 2.26. The molecule has 0 aliphatic rings. The monoisotopic (exact) mass is 265 g/mol. The summed E-state index contributed by atoms with van der Waals surface area (Å²) in [6.07, 6.45) is 0. The first kappa shape index (κ1) is 15.5. The van der Waals surface area contributed by atoms with Crippen LogP contribution in [0.25, 0.3) is 0 Å². The lowest BCUT2D eigenvalue weighted by molar-refractivity contribution is -0.144. The highest BCUT2D eigenvalue weighted by Gasteiger charge is 2.21. The van der Waals surface area contributed by atoms with E-state index in [-0.39, 0.29) is 18.6 Å². The predicted molar refractivity (Wildman–Crippen MR) is 75.5 cm³/mol. The van der Waals surface area contributed by atoms with Crippen LogP contribution in [0, 0.1) is 13.8 Å². The van der Waals surface area contributed by atoms with E-state index in [0.717, 1.165) is 11.3 Å². The lowest BCUT2D eigenvalue weighted by Gasteiger charge is -2.20. The van der Waals surface area contributed by atoms with E-state index in [9.17, 15) is 4.79 Å². The van der Waals surface area contributed by atoms with Crippen LogP contribution >= 0.6 is 0 Å². The van der Waals surface area contributed by atoms with Crippen LogP contribution in [0.15, 0.2) is 18.2 Å². The third-order valence-corrected chi connectivity index (χ3v) is 2.98. The molecular weight excluding hydrogens is 242 g/mol. The number of nitrogens with one attached hydrogen (secondary N) is 1. The van der Waals surface area contributed by atoms with E-state index in [1.54, 1.807) is 0 Å². The van der Waals surface area contributed by atoms with Crippen molar-refractivity contribution < 1.29 is 14.3 Å². The van der Waals surface area contributed by atoms with E-state index < -0.39 is 6.04 Å². The van der Waals surface area contributed by atoms with Gasteiger partial charge in [-0.1, -0.05) is 26.0 Å². The lowest BCUT2D eigenvalue weighted by atomic mass is 10.1. The van der Waals surface area contributed by atoms with Crippen molar-refractivity contribution in [3.05, 3.63) is 29.3 Å². The van der Waals surface area contributed by atoms with E-state index in [2.05, 4.69) is 5.32 Å². The highest BCUT2D eigenvalue weighted by molar-refractivity contribution is 5.75. The van der Waals surface area contributed by atoms with Crippen LogP contribution < -0.4 is 10.1 Å². The largest absolute Gasteiger partial charge is 0.491 e. The van der Waals surface area contributed by atoms with Gasteiger partial charge >= 0.3 is 5.97 Å². The molecule has 0 heterocycles. The molecular formula is C15H23NO3. The molecule has 0 fully saturated rings. The zero-order chi connectivity index (χ0) is 14.4. The molecule has 1 aromatic rings. The van der Waals surface area contributed by atoms with Gasteiger partial charge < -0.3 is 9.47 Å². The second-order valence-corrected chi connectivity index (χ2v) is 4.91. The number of carbonyl (C=O) groups is 1. The van der Waals surface area contributed by atoms with Gasteiger partial charge in [0.15, 0.2) is 0 Å². The van der Waals surface area contributed by atoms with E-state index in [4.69, 9.17) is 9.47 Å². The first-order chi connectivity index (χ1) is 8.95. The minimum atomic E-state index is -0.454. The van der Waals surface area contributed by atoms with Crippen molar-refractivity contribution in [2.45, 2.75) is 39.8 Å². The highest BCUT2D eigenvalue weighted by atomic mass is 16.5. The predicted octanol–water partition coefficient (Wildman–Crippen LogP) is 2.22. The van der Waals surface area contributed by atoms with Gasteiger partial charge in [-0.05, 0) is 31.0 Å². The number of ether oxygens (including phenoxy) is 2. The fraction of sp³-hybridized carbons (Fsp3) is 0.533. The Morgan fingerprint density at radius 2 is 2.00 bits per heavy atom. The Hall–Kier alpha value is -1.55. The molecule has 1 rings (SSSR count). The summed E-state index contributed by atoms with van der Waals surface area (Å²) < 4.78 is 10.5. The number of aryl methyl sites for hydroxylation is 1. The lowest BCUT2D eigenvalue weighted by Crippen LogP contribution is -2.45. The number of carbonyl (C=O) groups excluding carboxylic acids is 1. The Labute approximate surface area is 115 Å². The molecule has 19 heavy (non-hydrogen) atoms. The summed E-state index contributed by atoms with van der Waals surface area (Å²) in [5, 5.41) is 3.14. The van der Waals surface area contributed by atoms with E-state index >= 15 is 0 Å². The average molecular weight is 265 g/mol. The summed E-state index contributed by atoms with van der Waals surface area (Å²) in [7, 11) is 1.38. The van der Waals surface area contributed by atoms with Crippen LogP contribution in [0.3, 0.4) is 0 Å². The van der Waals surface area contributed by atoms with Gasteiger partial charge in [0, 0.05) is 6.04 Å². The number of benzene rings is 1. The van der Waals surface area contributed by atoms with Crippen LogP contribution in [0.4, 0.5) is 0 Å². The summed E-state index contributed by atoms with van der Waals surface area (Å²) in [6, 6.07) is 5.62. The van der Waals surface area contributed by atoms with Crippen LogP contribution in [0.5, 0.6) is 5.75 Å². The first-order valence-electron chi connectivity index (χ1n) is 6.48. The first-order valence-corrected chi connectivity index (χ1v) is 6.48. The molecule has 0 bridgehead atoms. The Balaban J connectivity index is 2.70. The highest BCUT2D eigenvalue weighted by Crippen LogP contribution is 2.20. The fourth-order valence-corrected chi connectivity index (χ4v) is 1.78. The molecule has 0 aromatic heterocycles. The number of hydrogen-bond donors (Lipinski definition) is 1. The average Bonchev–Trinajstić information content (AvgIpc) is 2.37. The standard InChI is InChI=1S/C15H23NO3/c1-10(2)16-13(15(17)18-5)9-19-14-8-6-7-11(3)12(14)4/h6-8,10,13,16H,9H2,1-5H3. The third-order valence-electron chi connectivity index (χ3n) is 2.98. The van der Waals surface area contributed by atoms with Gasteiger partial charge in [0.05, 0.1) is 7.11 Å². The molecule has 4 heteroatoms. The summed E-state index contributed by atoms with van der Waals surface area (Å²) in [6.45, 7) is 8.26. The molecule has 4 nitrogen and oxygen atoms in total. The molecule has 0 radical (unpaired) electrons. The van der Waals surface area contributed by atoms with E-state index in [1.807, 2.05) is 45.9 Å². The SMILES string of the molecule is COC(=O)C(COc1cccc(C)c1C)NC(C)C. The maximum absolute atomic E-state index is 11.7. The molecule has 1 atom stereocenters. The van der Waals surface area contributed by atoms with Crippen LogP contribution in [-0.4, -0.2) is 31.8 Å². The Morgan fingerprint density at radius 1 is 1.32 bits per heavy atom. The summed E-state index contributed by atoms with van der Waals surface area (Å²) in [5.74, 6) is 0.499. The van der Waals surface area contributed by atoms with E-state index in [0.29, 0.717) is 0 Å². The fourth-order valence-electron chi connectivity index (χ4n) is 1.78. The molecule has 0 spiro atoms. The summed E-state index contributed by atoms with van der Waals surface area (Å²) in [4.78, 5) is 11.7. The van der Waals surface area contributed by atoms with Crippen molar-refractivity contribution in [1.82, 2.24) is 5.32 Å². The zero-order valence-electron chi connectivity index (χ0n) is 12.3. The molecule has 0 saturated heterocycles. The van der Waals surface area contributed by atoms with Gasteiger partial charge in [0.2, 0.25) is 0 Å². The Kier molecular flexibility index (Phi) is 5.83.